The van der Waals surface area contributed by atoms with E-state index in [0.29, 0.717) is 6.54 Å². The molecule has 1 aromatic heterocycles. The lowest BCUT2D eigenvalue weighted by molar-refractivity contribution is 0.0522. The fourth-order valence-electron chi connectivity index (χ4n) is 2.72. The summed E-state index contributed by atoms with van der Waals surface area (Å²) in [5.41, 5.74) is 5.06. The molecule has 2 heterocycles. The van der Waals surface area contributed by atoms with Crippen LogP contribution in [0.4, 0.5) is 10.5 Å². The maximum absolute atomic E-state index is 12.1. The van der Waals surface area contributed by atoms with Crippen LogP contribution in [0.25, 0.3) is 0 Å². The van der Waals surface area contributed by atoms with E-state index in [4.69, 9.17) is 16.3 Å². The van der Waals surface area contributed by atoms with E-state index in [1.54, 1.807) is 11.2 Å². The lowest BCUT2D eigenvalue weighted by Gasteiger charge is -2.25. The van der Waals surface area contributed by atoms with Crippen molar-refractivity contribution < 1.29 is 9.53 Å². The molecule has 0 aliphatic carbocycles. The number of aromatic nitrogens is 2. The van der Waals surface area contributed by atoms with Crippen molar-refractivity contribution in [3.8, 4) is 0 Å². The SMILES string of the molecule is CC(C)(C)OC(=O)NN1CC(c2ccnc(Cl)n2)c2ccccc21. The maximum atomic E-state index is 12.1. The maximum Gasteiger partial charge on any atom is 0.426 e. The van der Waals surface area contributed by atoms with Gasteiger partial charge in [-0.05, 0) is 50.1 Å². The molecule has 2 aromatic rings. The van der Waals surface area contributed by atoms with Crippen LogP contribution in [-0.2, 0) is 4.74 Å². The molecular weight excluding hydrogens is 328 g/mol. The first-order chi connectivity index (χ1) is 11.3. The van der Waals surface area contributed by atoms with Crippen molar-refractivity contribution in [2.24, 2.45) is 0 Å². The molecule has 0 saturated carbocycles. The number of hydrogen-bond donors (Lipinski definition) is 1. The topological polar surface area (TPSA) is 67.3 Å². The Kier molecular flexibility index (Phi) is 4.32. The third-order valence-corrected chi connectivity index (χ3v) is 3.78. The van der Waals surface area contributed by atoms with Crippen LogP contribution >= 0.6 is 11.6 Å². The molecule has 1 aliphatic rings. The van der Waals surface area contributed by atoms with E-state index in [1.165, 1.54) is 0 Å². The minimum atomic E-state index is -0.553. The Balaban J connectivity index is 1.85. The van der Waals surface area contributed by atoms with Gasteiger partial charge < -0.3 is 4.74 Å². The van der Waals surface area contributed by atoms with E-state index < -0.39 is 11.7 Å². The smallest absolute Gasteiger partial charge is 0.426 e. The molecule has 6 nitrogen and oxygen atoms in total. The summed E-state index contributed by atoms with van der Waals surface area (Å²) in [7, 11) is 0. The highest BCUT2D eigenvalue weighted by atomic mass is 35.5. The van der Waals surface area contributed by atoms with Crippen molar-refractivity contribution in [3.05, 3.63) is 53.1 Å². The number of carbonyl (C=O) groups is 1. The van der Waals surface area contributed by atoms with E-state index in [2.05, 4.69) is 15.4 Å². The molecule has 0 fully saturated rings. The molecule has 1 N–H and O–H groups in total. The van der Waals surface area contributed by atoms with Crippen molar-refractivity contribution in [1.82, 2.24) is 15.4 Å². The zero-order valence-electron chi connectivity index (χ0n) is 13.8. The zero-order chi connectivity index (χ0) is 17.3. The van der Waals surface area contributed by atoms with Crippen molar-refractivity contribution in [2.45, 2.75) is 32.3 Å². The number of para-hydroxylation sites is 1. The summed E-state index contributed by atoms with van der Waals surface area (Å²) in [6.07, 6.45) is 1.15. The van der Waals surface area contributed by atoms with Gasteiger partial charge in [0, 0.05) is 12.1 Å². The monoisotopic (exact) mass is 346 g/mol. The number of nitrogens with one attached hydrogen (secondary N) is 1. The van der Waals surface area contributed by atoms with Gasteiger partial charge in [0.25, 0.3) is 0 Å². The second kappa shape index (κ2) is 6.28. The molecule has 0 bridgehead atoms. The number of amides is 1. The van der Waals surface area contributed by atoms with E-state index in [1.807, 2.05) is 51.1 Å². The number of nitrogens with zero attached hydrogens (tertiary/aromatic N) is 3. The molecule has 1 aliphatic heterocycles. The van der Waals surface area contributed by atoms with Crippen LogP contribution in [-0.4, -0.2) is 28.2 Å². The predicted octanol–water partition coefficient (Wildman–Crippen LogP) is 3.52. The van der Waals surface area contributed by atoms with Crippen molar-refractivity contribution in [1.29, 1.82) is 0 Å². The van der Waals surface area contributed by atoms with E-state index in [0.717, 1.165) is 16.9 Å². The van der Waals surface area contributed by atoms with Crippen LogP contribution in [0.3, 0.4) is 0 Å². The molecular formula is C17H19ClN4O2. The van der Waals surface area contributed by atoms with Gasteiger partial charge in [-0.3, -0.25) is 5.01 Å². The fraction of sp³-hybridized carbons (Fsp3) is 0.353. The number of fused-ring (bicyclic) bond motifs is 1. The Morgan fingerprint density at radius 1 is 1.33 bits per heavy atom. The summed E-state index contributed by atoms with van der Waals surface area (Å²) >= 11 is 5.92. The highest BCUT2D eigenvalue weighted by molar-refractivity contribution is 6.28. The molecule has 126 valence electrons. The number of ether oxygens (including phenoxy) is 1. The third kappa shape index (κ3) is 3.59. The normalized spacial score (nSPS) is 16.7. The molecule has 7 heteroatoms. The molecule has 0 saturated heterocycles. The van der Waals surface area contributed by atoms with Gasteiger partial charge in [-0.25, -0.2) is 20.2 Å². The van der Waals surface area contributed by atoms with Crippen LogP contribution in [0.1, 0.15) is 37.9 Å². The summed E-state index contributed by atoms with van der Waals surface area (Å²) in [4.78, 5) is 20.3. The van der Waals surface area contributed by atoms with Crippen LogP contribution in [0, 0.1) is 0 Å². The first kappa shape index (κ1) is 16.5. The Morgan fingerprint density at radius 3 is 2.79 bits per heavy atom. The first-order valence-electron chi connectivity index (χ1n) is 7.68. The fourth-order valence-corrected chi connectivity index (χ4v) is 2.87. The average Bonchev–Trinajstić information content (AvgIpc) is 2.84. The van der Waals surface area contributed by atoms with Crippen LogP contribution in [0.2, 0.25) is 5.28 Å². The van der Waals surface area contributed by atoms with Crippen molar-refractivity contribution in [2.75, 3.05) is 11.6 Å². The molecule has 3 rings (SSSR count). The number of anilines is 1. The third-order valence-electron chi connectivity index (χ3n) is 3.60. The number of rotatable bonds is 2. The minimum Gasteiger partial charge on any atom is -0.443 e. The Labute approximate surface area is 145 Å². The molecule has 1 atom stereocenters. The molecule has 0 radical (unpaired) electrons. The lowest BCUT2D eigenvalue weighted by atomic mass is 9.98. The summed E-state index contributed by atoms with van der Waals surface area (Å²) in [6, 6.07) is 9.70. The standard InChI is InChI=1S/C17H19ClN4O2/c1-17(2,3)24-16(23)21-22-10-12(11-6-4-5-7-14(11)22)13-8-9-19-15(18)20-13/h4-9,12H,10H2,1-3H3,(H,21,23). The Hall–Kier alpha value is -2.34. The van der Waals surface area contributed by atoms with Crippen molar-refractivity contribution >= 4 is 23.4 Å². The van der Waals surface area contributed by atoms with Gasteiger partial charge in [0.1, 0.15) is 5.60 Å². The molecule has 0 spiro atoms. The van der Waals surface area contributed by atoms with Crippen molar-refractivity contribution in [3.63, 3.8) is 0 Å². The van der Waals surface area contributed by atoms with Gasteiger partial charge in [-0.1, -0.05) is 18.2 Å². The average molecular weight is 347 g/mol. The predicted molar refractivity (Wildman–Crippen MR) is 92.0 cm³/mol. The Bertz CT molecular complexity index is 760. The van der Waals surface area contributed by atoms with E-state index in [-0.39, 0.29) is 11.2 Å². The molecule has 1 amide bonds. The highest BCUT2D eigenvalue weighted by Crippen LogP contribution is 2.38. The number of benzene rings is 1. The van der Waals surface area contributed by atoms with Gasteiger partial charge in [-0.15, -0.1) is 0 Å². The quantitative estimate of drug-likeness (QED) is 0.843. The molecule has 1 aromatic carbocycles. The summed E-state index contributed by atoms with van der Waals surface area (Å²) in [5, 5.41) is 1.99. The van der Waals surface area contributed by atoms with Gasteiger partial charge in [0.05, 0.1) is 17.9 Å². The number of hydrogen-bond acceptors (Lipinski definition) is 5. The van der Waals surface area contributed by atoms with Crippen LogP contribution < -0.4 is 10.4 Å². The largest absolute Gasteiger partial charge is 0.443 e. The van der Waals surface area contributed by atoms with E-state index >= 15 is 0 Å². The zero-order valence-corrected chi connectivity index (χ0v) is 14.5. The summed E-state index contributed by atoms with van der Waals surface area (Å²) in [5.74, 6) is -0.00311. The number of halogens is 1. The highest BCUT2D eigenvalue weighted by Gasteiger charge is 2.32. The first-order valence-corrected chi connectivity index (χ1v) is 8.06. The Morgan fingerprint density at radius 2 is 2.08 bits per heavy atom. The van der Waals surface area contributed by atoms with Gasteiger partial charge in [0.2, 0.25) is 5.28 Å². The van der Waals surface area contributed by atoms with Crippen LogP contribution in [0.15, 0.2) is 36.5 Å². The number of hydrazine groups is 1. The van der Waals surface area contributed by atoms with Gasteiger partial charge >= 0.3 is 6.09 Å². The second-order valence-corrected chi connectivity index (χ2v) is 6.92. The summed E-state index contributed by atoms with van der Waals surface area (Å²) < 4.78 is 5.34. The summed E-state index contributed by atoms with van der Waals surface area (Å²) in [6.45, 7) is 6.04. The van der Waals surface area contributed by atoms with E-state index in [9.17, 15) is 4.79 Å². The van der Waals surface area contributed by atoms with Gasteiger partial charge in [-0.2, -0.15) is 0 Å². The van der Waals surface area contributed by atoms with Gasteiger partial charge in [0.15, 0.2) is 0 Å². The second-order valence-electron chi connectivity index (χ2n) is 6.59. The number of carbonyl (C=O) groups excluding carboxylic acids is 1. The minimum absolute atomic E-state index is 0.00311. The lowest BCUT2D eigenvalue weighted by Crippen LogP contribution is -2.44. The van der Waals surface area contributed by atoms with Crippen LogP contribution in [0.5, 0.6) is 0 Å². The molecule has 24 heavy (non-hydrogen) atoms. The molecule has 1 unspecified atom stereocenters.